The van der Waals surface area contributed by atoms with Crippen molar-refractivity contribution in [2.24, 2.45) is 5.41 Å². The van der Waals surface area contributed by atoms with Crippen LogP contribution in [-0.4, -0.2) is 29.9 Å². The van der Waals surface area contributed by atoms with E-state index in [1.807, 2.05) is 38.1 Å². The van der Waals surface area contributed by atoms with Gasteiger partial charge >= 0.3 is 6.03 Å². The summed E-state index contributed by atoms with van der Waals surface area (Å²) in [6.45, 7) is 5.20. The van der Waals surface area contributed by atoms with Gasteiger partial charge in [-0.05, 0) is 56.5 Å². The number of halogens is 1. The molecule has 2 N–H and O–H groups in total. The summed E-state index contributed by atoms with van der Waals surface area (Å²) in [6.07, 6.45) is 1.48. The molecule has 28 heavy (non-hydrogen) atoms. The van der Waals surface area contributed by atoms with Gasteiger partial charge in [0, 0.05) is 25.3 Å². The Labute approximate surface area is 164 Å². The fourth-order valence-corrected chi connectivity index (χ4v) is 3.44. The van der Waals surface area contributed by atoms with E-state index in [2.05, 4.69) is 10.6 Å². The molecule has 3 rings (SSSR count). The Kier molecular flexibility index (Phi) is 5.97. The van der Waals surface area contributed by atoms with Gasteiger partial charge in [-0.15, -0.1) is 0 Å². The Morgan fingerprint density at radius 3 is 2.46 bits per heavy atom. The van der Waals surface area contributed by atoms with Gasteiger partial charge in [-0.25, -0.2) is 9.18 Å². The van der Waals surface area contributed by atoms with Crippen molar-refractivity contribution in [3.05, 3.63) is 65.5 Å². The molecule has 5 nitrogen and oxygen atoms in total. The van der Waals surface area contributed by atoms with Crippen molar-refractivity contribution >= 4 is 17.6 Å². The number of nitrogens with one attached hydrogen (secondary N) is 2. The van der Waals surface area contributed by atoms with Crippen molar-refractivity contribution in [3.8, 4) is 0 Å². The summed E-state index contributed by atoms with van der Waals surface area (Å²) >= 11 is 0. The van der Waals surface area contributed by atoms with Crippen molar-refractivity contribution in [1.29, 1.82) is 0 Å². The molecule has 1 saturated heterocycles. The molecule has 0 aliphatic carbocycles. The standard InChI is InChI=1S/C22H26FN3O2/c1-16-4-10-19(11-5-16)25-21(28)26-13-3-12-22(2,15-26)20(27)24-14-17-6-8-18(23)9-7-17/h4-11H,3,12-15H2,1-2H3,(H,24,27)(H,25,28). The highest BCUT2D eigenvalue weighted by atomic mass is 19.1. The van der Waals surface area contributed by atoms with Crippen LogP contribution >= 0.6 is 0 Å². The molecule has 148 valence electrons. The van der Waals surface area contributed by atoms with Crippen LogP contribution in [0, 0.1) is 18.2 Å². The highest BCUT2D eigenvalue weighted by Gasteiger charge is 2.39. The molecule has 1 fully saturated rings. The van der Waals surface area contributed by atoms with Crippen LogP contribution in [-0.2, 0) is 11.3 Å². The monoisotopic (exact) mass is 383 g/mol. The fraction of sp³-hybridized carbons (Fsp3) is 0.364. The van der Waals surface area contributed by atoms with Crippen LogP contribution < -0.4 is 10.6 Å². The Hall–Kier alpha value is -2.89. The highest BCUT2D eigenvalue weighted by Crippen LogP contribution is 2.30. The number of aryl methyl sites for hydroxylation is 1. The van der Waals surface area contributed by atoms with Crippen LogP contribution in [0.15, 0.2) is 48.5 Å². The van der Waals surface area contributed by atoms with Crippen molar-refractivity contribution in [1.82, 2.24) is 10.2 Å². The lowest BCUT2D eigenvalue weighted by Crippen LogP contribution is -2.52. The summed E-state index contributed by atoms with van der Waals surface area (Å²) in [5.41, 5.74) is 2.05. The number of benzene rings is 2. The van der Waals surface area contributed by atoms with Gasteiger partial charge < -0.3 is 15.5 Å². The third-order valence-electron chi connectivity index (χ3n) is 5.20. The molecule has 1 unspecified atom stereocenters. The number of rotatable bonds is 4. The third-order valence-corrected chi connectivity index (χ3v) is 5.20. The van der Waals surface area contributed by atoms with Crippen LogP contribution in [0.3, 0.4) is 0 Å². The zero-order chi connectivity index (χ0) is 20.1. The minimum Gasteiger partial charge on any atom is -0.351 e. The van der Waals surface area contributed by atoms with Gasteiger partial charge in [-0.3, -0.25) is 4.79 Å². The van der Waals surface area contributed by atoms with Crippen molar-refractivity contribution in [2.45, 2.75) is 33.2 Å². The number of carbonyl (C=O) groups is 2. The maximum absolute atomic E-state index is 13.0. The Bertz CT molecular complexity index is 836. The van der Waals surface area contributed by atoms with Gasteiger partial charge in [0.1, 0.15) is 5.82 Å². The number of hydrogen-bond acceptors (Lipinski definition) is 2. The first kappa shape index (κ1) is 19.9. The van der Waals surface area contributed by atoms with Crippen molar-refractivity contribution in [2.75, 3.05) is 18.4 Å². The molecule has 1 atom stereocenters. The largest absolute Gasteiger partial charge is 0.351 e. The lowest BCUT2D eigenvalue weighted by Gasteiger charge is -2.39. The first-order chi connectivity index (χ1) is 13.4. The SMILES string of the molecule is Cc1ccc(NC(=O)N2CCCC(C)(C(=O)NCc3ccc(F)cc3)C2)cc1. The normalized spacial score (nSPS) is 19.2. The Morgan fingerprint density at radius 1 is 1.11 bits per heavy atom. The zero-order valence-electron chi connectivity index (χ0n) is 16.3. The minimum absolute atomic E-state index is 0.0929. The minimum atomic E-state index is -0.650. The quantitative estimate of drug-likeness (QED) is 0.836. The van der Waals surface area contributed by atoms with Crippen LogP contribution in [0.2, 0.25) is 0 Å². The molecule has 3 amide bonds. The van der Waals surface area contributed by atoms with Gasteiger partial charge in [0.15, 0.2) is 0 Å². The average Bonchev–Trinajstić information content (AvgIpc) is 2.69. The molecule has 0 bridgehead atoms. The topological polar surface area (TPSA) is 61.4 Å². The van der Waals surface area contributed by atoms with E-state index in [9.17, 15) is 14.0 Å². The molecule has 0 radical (unpaired) electrons. The summed E-state index contributed by atoms with van der Waals surface area (Å²) < 4.78 is 13.0. The number of carbonyl (C=O) groups excluding carboxylic acids is 2. The van der Waals surface area contributed by atoms with E-state index in [1.165, 1.54) is 12.1 Å². The first-order valence-electron chi connectivity index (χ1n) is 9.51. The molecule has 0 saturated carbocycles. The van der Waals surface area contributed by atoms with E-state index in [-0.39, 0.29) is 17.8 Å². The average molecular weight is 383 g/mol. The maximum atomic E-state index is 13.0. The van der Waals surface area contributed by atoms with Gasteiger partial charge in [-0.1, -0.05) is 29.8 Å². The second kappa shape index (κ2) is 8.42. The van der Waals surface area contributed by atoms with Gasteiger partial charge in [0.25, 0.3) is 0 Å². The molecule has 6 heteroatoms. The van der Waals surface area contributed by atoms with Crippen LogP contribution in [0.25, 0.3) is 0 Å². The molecule has 2 aromatic carbocycles. The van der Waals surface area contributed by atoms with E-state index in [0.717, 1.165) is 29.7 Å². The third kappa shape index (κ3) is 4.88. The first-order valence-corrected chi connectivity index (χ1v) is 9.51. The second-order valence-electron chi connectivity index (χ2n) is 7.69. The number of nitrogens with zero attached hydrogens (tertiary/aromatic N) is 1. The number of piperidine rings is 1. The number of hydrogen-bond donors (Lipinski definition) is 2. The molecule has 2 aromatic rings. The van der Waals surface area contributed by atoms with Gasteiger partial charge in [0.2, 0.25) is 5.91 Å². The summed E-state index contributed by atoms with van der Waals surface area (Å²) in [5.74, 6) is -0.394. The summed E-state index contributed by atoms with van der Waals surface area (Å²) in [6, 6.07) is 13.5. The summed E-state index contributed by atoms with van der Waals surface area (Å²) in [7, 11) is 0. The molecule has 0 aromatic heterocycles. The number of urea groups is 1. The molecule has 1 heterocycles. The predicted molar refractivity (Wildman–Crippen MR) is 107 cm³/mol. The molecule has 1 aliphatic rings. The number of likely N-dealkylation sites (tertiary alicyclic amines) is 1. The fourth-order valence-electron chi connectivity index (χ4n) is 3.44. The lowest BCUT2D eigenvalue weighted by molar-refractivity contribution is -0.132. The van der Waals surface area contributed by atoms with Gasteiger partial charge in [-0.2, -0.15) is 0 Å². The van der Waals surface area contributed by atoms with E-state index < -0.39 is 5.41 Å². The van der Waals surface area contributed by atoms with E-state index in [4.69, 9.17) is 0 Å². The number of amides is 3. The highest BCUT2D eigenvalue weighted by molar-refractivity contribution is 5.90. The maximum Gasteiger partial charge on any atom is 0.321 e. The van der Waals surface area contributed by atoms with Crippen LogP contribution in [0.1, 0.15) is 30.9 Å². The molecule has 1 aliphatic heterocycles. The molecular formula is C22H26FN3O2. The molecule has 0 spiro atoms. The van der Waals surface area contributed by atoms with E-state index in [1.54, 1.807) is 17.0 Å². The molecular weight excluding hydrogens is 357 g/mol. The smallest absolute Gasteiger partial charge is 0.321 e. The Morgan fingerprint density at radius 2 is 1.79 bits per heavy atom. The van der Waals surface area contributed by atoms with E-state index >= 15 is 0 Å². The lowest BCUT2D eigenvalue weighted by atomic mass is 9.81. The van der Waals surface area contributed by atoms with Gasteiger partial charge in [0.05, 0.1) is 5.41 Å². The van der Waals surface area contributed by atoms with Crippen LogP contribution in [0.5, 0.6) is 0 Å². The summed E-state index contributed by atoms with van der Waals surface area (Å²) in [5, 5.41) is 5.82. The zero-order valence-corrected chi connectivity index (χ0v) is 16.3. The van der Waals surface area contributed by atoms with Crippen LogP contribution in [0.4, 0.5) is 14.9 Å². The second-order valence-corrected chi connectivity index (χ2v) is 7.69. The number of anilines is 1. The summed E-state index contributed by atoms with van der Waals surface area (Å²) in [4.78, 5) is 27.1. The van der Waals surface area contributed by atoms with E-state index in [0.29, 0.717) is 19.6 Å². The predicted octanol–water partition coefficient (Wildman–Crippen LogP) is 4.08. The Balaban J connectivity index is 1.58. The van der Waals surface area contributed by atoms with Crippen molar-refractivity contribution < 1.29 is 14.0 Å². The van der Waals surface area contributed by atoms with Crippen molar-refractivity contribution in [3.63, 3.8) is 0 Å².